The molecule has 164 valence electrons. The van der Waals surface area contributed by atoms with Gasteiger partial charge in [-0.3, -0.25) is 9.69 Å². The number of fused-ring (bicyclic) bond motifs is 1. The standard InChI is InChI=1S/C22H25N3O4S2/c1-2-25(22-23-19-5-3-4-6-20(19)30-22)21(26)12-9-17-7-10-18(11-8-17)31(27,28)24-13-15-29-16-14-24/h3-8,10-11H,2,9,12-16H2,1H3. The van der Waals surface area contributed by atoms with E-state index in [9.17, 15) is 13.2 Å². The van der Waals surface area contributed by atoms with Gasteiger partial charge in [0, 0.05) is 26.1 Å². The maximum atomic E-state index is 12.8. The van der Waals surface area contributed by atoms with Gasteiger partial charge in [-0.25, -0.2) is 13.4 Å². The second-order valence-electron chi connectivity index (χ2n) is 7.26. The van der Waals surface area contributed by atoms with Crippen molar-refractivity contribution in [2.75, 3.05) is 37.7 Å². The number of rotatable bonds is 7. The Bertz CT molecular complexity index is 1120. The van der Waals surface area contributed by atoms with E-state index in [0.717, 1.165) is 15.8 Å². The summed E-state index contributed by atoms with van der Waals surface area (Å²) >= 11 is 1.51. The van der Waals surface area contributed by atoms with E-state index in [4.69, 9.17) is 4.74 Å². The Balaban J connectivity index is 1.40. The molecule has 0 aliphatic carbocycles. The lowest BCUT2D eigenvalue weighted by Crippen LogP contribution is -2.40. The molecule has 7 nitrogen and oxygen atoms in total. The lowest BCUT2D eigenvalue weighted by Gasteiger charge is -2.26. The second kappa shape index (κ2) is 9.44. The van der Waals surface area contributed by atoms with Gasteiger partial charge in [-0.1, -0.05) is 35.6 Å². The van der Waals surface area contributed by atoms with Crippen molar-refractivity contribution in [3.63, 3.8) is 0 Å². The van der Waals surface area contributed by atoms with E-state index in [1.54, 1.807) is 29.2 Å². The molecular formula is C22H25N3O4S2. The summed E-state index contributed by atoms with van der Waals surface area (Å²) in [6.07, 6.45) is 0.872. The van der Waals surface area contributed by atoms with Gasteiger partial charge in [-0.05, 0) is 43.2 Å². The van der Waals surface area contributed by atoms with Crippen LogP contribution in [0.2, 0.25) is 0 Å². The van der Waals surface area contributed by atoms with Crippen LogP contribution in [-0.4, -0.2) is 56.5 Å². The molecule has 0 unspecified atom stereocenters. The number of aryl methyl sites for hydroxylation is 1. The first kappa shape index (κ1) is 21.9. The first-order valence-corrected chi connectivity index (χ1v) is 12.6. The number of aromatic nitrogens is 1. The van der Waals surface area contributed by atoms with Crippen molar-refractivity contribution in [2.45, 2.75) is 24.7 Å². The van der Waals surface area contributed by atoms with Crippen molar-refractivity contribution in [1.82, 2.24) is 9.29 Å². The van der Waals surface area contributed by atoms with E-state index in [2.05, 4.69) is 4.98 Å². The van der Waals surface area contributed by atoms with Crippen LogP contribution in [0.15, 0.2) is 53.4 Å². The highest BCUT2D eigenvalue weighted by atomic mass is 32.2. The molecule has 0 N–H and O–H groups in total. The summed E-state index contributed by atoms with van der Waals surface area (Å²) in [5.74, 6) is 0.00608. The summed E-state index contributed by atoms with van der Waals surface area (Å²) in [5, 5.41) is 0.709. The second-order valence-corrected chi connectivity index (χ2v) is 10.2. The van der Waals surface area contributed by atoms with Crippen LogP contribution in [0.5, 0.6) is 0 Å². The first-order valence-electron chi connectivity index (χ1n) is 10.3. The first-order chi connectivity index (χ1) is 15.0. The molecule has 0 spiro atoms. The Kier molecular flexibility index (Phi) is 6.66. The number of para-hydroxylation sites is 1. The highest BCUT2D eigenvalue weighted by molar-refractivity contribution is 7.89. The number of amides is 1. The molecule has 2 heterocycles. The smallest absolute Gasteiger partial charge is 0.243 e. The van der Waals surface area contributed by atoms with Crippen LogP contribution in [0.4, 0.5) is 5.13 Å². The number of carbonyl (C=O) groups excluding carboxylic acids is 1. The van der Waals surface area contributed by atoms with Crippen molar-refractivity contribution in [3.05, 3.63) is 54.1 Å². The molecule has 1 aliphatic heterocycles. The average molecular weight is 460 g/mol. The van der Waals surface area contributed by atoms with Crippen molar-refractivity contribution in [1.29, 1.82) is 0 Å². The fraction of sp³-hybridized carbons (Fsp3) is 0.364. The van der Waals surface area contributed by atoms with Crippen LogP contribution in [0.1, 0.15) is 18.9 Å². The number of anilines is 1. The highest BCUT2D eigenvalue weighted by Gasteiger charge is 2.26. The molecule has 31 heavy (non-hydrogen) atoms. The van der Waals surface area contributed by atoms with E-state index in [0.29, 0.717) is 50.8 Å². The van der Waals surface area contributed by atoms with Crippen LogP contribution < -0.4 is 4.90 Å². The normalized spacial score (nSPS) is 15.3. The lowest BCUT2D eigenvalue weighted by atomic mass is 10.1. The third-order valence-electron chi connectivity index (χ3n) is 5.29. The monoisotopic (exact) mass is 459 g/mol. The van der Waals surface area contributed by atoms with E-state index in [1.807, 2.05) is 31.2 Å². The quantitative estimate of drug-likeness (QED) is 0.542. The molecule has 3 aromatic rings. The number of hydrogen-bond acceptors (Lipinski definition) is 6. The van der Waals surface area contributed by atoms with E-state index < -0.39 is 10.0 Å². The van der Waals surface area contributed by atoms with Crippen LogP contribution >= 0.6 is 11.3 Å². The van der Waals surface area contributed by atoms with Crippen LogP contribution in [0, 0.1) is 0 Å². The Hall–Kier alpha value is -2.33. The fourth-order valence-corrected chi connectivity index (χ4v) is 6.00. The fourth-order valence-electron chi connectivity index (χ4n) is 3.54. The number of carbonyl (C=O) groups is 1. The molecule has 1 saturated heterocycles. The van der Waals surface area contributed by atoms with Crippen molar-refractivity contribution in [2.24, 2.45) is 0 Å². The summed E-state index contributed by atoms with van der Waals surface area (Å²) in [6.45, 7) is 4.07. The predicted octanol–water partition coefficient (Wildman–Crippen LogP) is 3.30. The molecule has 0 radical (unpaired) electrons. The van der Waals surface area contributed by atoms with Crippen molar-refractivity contribution in [3.8, 4) is 0 Å². The molecule has 2 aromatic carbocycles. The van der Waals surface area contributed by atoms with E-state index in [1.165, 1.54) is 15.6 Å². The minimum absolute atomic E-state index is 0.00608. The van der Waals surface area contributed by atoms with Gasteiger partial charge in [0.15, 0.2) is 5.13 Å². The van der Waals surface area contributed by atoms with Crippen LogP contribution in [0.25, 0.3) is 10.2 Å². The van der Waals surface area contributed by atoms with Gasteiger partial charge in [-0.15, -0.1) is 0 Å². The Labute approximate surface area is 186 Å². The highest BCUT2D eigenvalue weighted by Crippen LogP contribution is 2.29. The third kappa shape index (κ3) is 4.79. The number of hydrogen-bond donors (Lipinski definition) is 0. The average Bonchev–Trinajstić information content (AvgIpc) is 3.23. The molecular weight excluding hydrogens is 434 g/mol. The number of nitrogens with zero attached hydrogens (tertiary/aromatic N) is 3. The maximum absolute atomic E-state index is 12.8. The Morgan fingerprint density at radius 1 is 1.13 bits per heavy atom. The Morgan fingerprint density at radius 2 is 1.84 bits per heavy atom. The largest absolute Gasteiger partial charge is 0.379 e. The summed E-state index contributed by atoms with van der Waals surface area (Å²) in [5.41, 5.74) is 1.82. The maximum Gasteiger partial charge on any atom is 0.243 e. The summed E-state index contributed by atoms with van der Waals surface area (Å²) in [7, 11) is -3.51. The predicted molar refractivity (Wildman–Crippen MR) is 122 cm³/mol. The van der Waals surface area contributed by atoms with Crippen LogP contribution in [0.3, 0.4) is 0 Å². The summed E-state index contributed by atoms with van der Waals surface area (Å²) < 4.78 is 33.2. The molecule has 9 heteroatoms. The van der Waals surface area contributed by atoms with Gasteiger partial charge in [-0.2, -0.15) is 4.31 Å². The van der Waals surface area contributed by atoms with Gasteiger partial charge in [0.05, 0.1) is 28.3 Å². The molecule has 0 saturated carbocycles. The SMILES string of the molecule is CCN(C(=O)CCc1ccc(S(=O)(=O)N2CCOCC2)cc1)c1nc2ccccc2s1. The van der Waals surface area contributed by atoms with E-state index >= 15 is 0 Å². The summed E-state index contributed by atoms with van der Waals surface area (Å²) in [6, 6.07) is 14.7. The third-order valence-corrected chi connectivity index (χ3v) is 8.26. The number of morpholine rings is 1. The lowest BCUT2D eigenvalue weighted by molar-refractivity contribution is -0.118. The number of ether oxygens (including phenoxy) is 1. The zero-order valence-electron chi connectivity index (χ0n) is 17.4. The molecule has 1 fully saturated rings. The minimum Gasteiger partial charge on any atom is -0.379 e. The minimum atomic E-state index is -3.51. The van der Waals surface area contributed by atoms with Crippen LogP contribution in [-0.2, 0) is 26.0 Å². The van der Waals surface area contributed by atoms with Gasteiger partial charge in [0.1, 0.15) is 0 Å². The molecule has 0 bridgehead atoms. The topological polar surface area (TPSA) is 79.8 Å². The Morgan fingerprint density at radius 3 is 2.52 bits per heavy atom. The van der Waals surface area contributed by atoms with Gasteiger partial charge < -0.3 is 4.74 Å². The van der Waals surface area contributed by atoms with Gasteiger partial charge in [0.25, 0.3) is 0 Å². The zero-order valence-corrected chi connectivity index (χ0v) is 19.0. The number of sulfonamides is 1. The van der Waals surface area contributed by atoms with E-state index in [-0.39, 0.29) is 10.8 Å². The number of benzene rings is 2. The summed E-state index contributed by atoms with van der Waals surface area (Å²) in [4.78, 5) is 19.4. The van der Waals surface area contributed by atoms with Crippen molar-refractivity contribution < 1.29 is 17.9 Å². The van der Waals surface area contributed by atoms with Gasteiger partial charge in [0.2, 0.25) is 15.9 Å². The number of thiazole rings is 1. The molecule has 1 aliphatic rings. The van der Waals surface area contributed by atoms with Crippen molar-refractivity contribution >= 4 is 42.6 Å². The zero-order chi connectivity index (χ0) is 21.8. The molecule has 1 aromatic heterocycles. The van der Waals surface area contributed by atoms with Gasteiger partial charge >= 0.3 is 0 Å². The molecule has 4 rings (SSSR count). The molecule has 1 amide bonds. The molecule has 0 atom stereocenters.